The van der Waals surface area contributed by atoms with Gasteiger partial charge in [-0.1, -0.05) is 24.3 Å². The molecule has 0 radical (unpaired) electrons. The molecule has 4 rings (SSSR count). The first kappa shape index (κ1) is 17.8. The van der Waals surface area contributed by atoms with Gasteiger partial charge in [0.15, 0.2) is 5.76 Å². The summed E-state index contributed by atoms with van der Waals surface area (Å²) in [6, 6.07) is 13.2. The number of para-hydroxylation sites is 1. The van der Waals surface area contributed by atoms with Gasteiger partial charge in [-0.15, -0.1) is 11.3 Å². The van der Waals surface area contributed by atoms with E-state index >= 15 is 0 Å². The average molecular weight is 383 g/mol. The van der Waals surface area contributed by atoms with Gasteiger partial charge in [-0.3, -0.25) is 4.90 Å². The molecule has 7 heteroatoms. The Morgan fingerprint density at radius 3 is 2.81 bits per heavy atom. The molecular weight excluding hydrogens is 362 g/mol. The molecule has 1 saturated heterocycles. The van der Waals surface area contributed by atoms with Crippen LogP contribution in [0.2, 0.25) is 0 Å². The monoisotopic (exact) mass is 383 g/mol. The number of carbonyl (C=O) groups excluding carboxylic acids is 1. The molecule has 1 aliphatic rings. The Kier molecular flexibility index (Phi) is 5.50. The van der Waals surface area contributed by atoms with Crippen molar-refractivity contribution in [1.29, 1.82) is 0 Å². The second-order valence-electron chi connectivity index (χ2n) is 6.39. The molecule has 140 valence electrons. The summed E-state index contributed by atoms with van der Waals surface area (Å²) in [5, 5.41) is 2.02. The van der Waals surface area contributed by atoms with Gasteiger partial charge < -0.3 is 14.1 Å². The number of benzene rings is 1. The minimum absolute atomic E-state index is 0.292. The highest BCUT2D eigenvalue weighted by molar-refractivity contribution is 7.13. The predicted octanol–water partition coefficient (Wildman–Crippen LogP) is 4.11. The Morgan fingerprint density at radius 1 is 1.11 bits per heavy atom. The van der Waals surface area contributed by atoms with Crippen LogP contribution < -0.4 is 4.74 Å². The zero-order valence-corrected chi connectivity index (χ0v) is 15.7. The van der Waals surface area contributed by atoms with Gasteiger partial charge in [-0.2, -0.15) is 0 Å². The van der Waals surface area contributed by atoms with Crippen molar-refractivity contribution < 1.29 is 13.9 Å². The van der Waals surface area contributed by atoms with Crippen LogP contribution >= 0.6 is 11.3 Å². The number of hydrogen-bond donors (Lipinski definition) is 0. The Bertz CT molecular complexity index is 864. The zero-order chi connectivity index (χ0) is 18.5. The van der Waals surface area contributed by atoms with Crippen LogP contribution in [0.1, 0.15) is 12.3 Å². The summed E-state index contributed by atoms with van der Waals surface area (Å²) in [4.78, 5) is 21.9. The van der Waals surface area contributed by atoms with Crippen molar-refractivity contribution in [3.63, 3.8) is 0 Å². The molecule has 0 spiro atoms. The normalized spacial score (nSPS) is 15.5. The maximum Gasteiger partial charge on any atom is 0.415 e. The van der Waals surface area contributed by atoms with Crippen molar-refractivity contribution in [2.45, 2.75) is 13.0 Å². The molecule has 0 N–H and O–H groups in total. The van der Waals surface area contributed by atoms with E-state index in [4.69, 9.17) is 9.15 Å². The molecule has 1 aliphatic heterocycles. The van der Waals surface area contributed by atoms with Crippen LogP contribution in [0.4, 0.5) is 4.79 Å². The highest BCUT2D eigenvalue weighted by Crippen LogP contribution is 2.25. The van der Waals surface area contributed by atoms with E-state index in [1.54, 1.807) is 34.6 Å². The number of ether oxygens (including phenoxy) is 1. The summed E-state index contributed by atoms with van der Waals surface area (Å²) in [7, 11) is 0. The Hall–Kier alpha value is -2.64. The molecule has 6 nitrogen and oxygen atoms in total. The zero-order valence-electron chi connectivity index (χ0n) is 14.9. The number of rotatable bonds is 4. The number of nitrogens with zero attached hydrogens (tertiary/aromatic N) is 3. The molecular formula is C20H21N3O3S. The minimum Gasteiger partial charge on any atom is -0.438 e. The lowest BCUT2D eigenvalue weighted by Gasteiger charge is -2.20. The third-order valence-corrected chi connectivity index (χ3v) is 5.36. The van der Waals surface area contributed by atoms with Gasteiger partial charge >= 0.3 is 6.09 Å². The number of amides is 1. The third kappa shape index (κ3) is 4.56. The fraction of sp³-hybridized carbons (Fsp3) is 0.300. The molecule has 1 aromatic carbocycles. The van der Waals surface area contributed by atoms with Crippen LogP contribution in [0.25, 0.3) is 10.6 Å². The van der Waals surface area contributed by atoms with Crippen LogP contribution in [-0.2, 0) is 6.54 Å². The van der Waals surface area contributed by atoms with Gasteiger partial charge in [0.25, 0.3) is 0 Å². The molecule has 0 saturated carbocycles. The maximum atomic E-state index is 12.4. The van der Waals surface area contributed by atoms with E-state index in [0.717, 1.165) is 30.1 Å². The van der Waals surface area contributed by atoms with E-state index in [2.05, 4.69) is 9.88 Å². The Labute approximate surface area is 162 Å². The molecule has 0 bridgehead atoms. The first-order chi connectivity index (χ1) is 13.3. The maximum absolute atomic E-state index is 12.4. The molecule has 0 unspecified atom stereocenters. The van der Waals surface area contributed by atoms with E-state index in [1.807, 2.05) is 35.7 Å². The lowest BCUT2D eigenvalue weighted by molar-refractivity contribution is 0.152. The van der Waals surface area contributed by atoms with Crippen molar-refractivity contribution in [1.82, 2.24) is 14.8 Å². The average Bonchev–Trinajstić information content (AvgIpc) is 3.31. The third-order valence-electron chi connectivity index (χ3n) is 4.47. The van der Waals surface area contributed by atoms with E-state index < -0.39 is 0 Å². The summed E-state index contributed by atoms with van der Waals surface area (Å²) in [5.74, 6) is 2.09. The van der Waals surface area contributed by atoms with Crippen LogP contribution in [0.3, 0.4) is 0 Å². The topological polar surface area (TPSA) is 58.8 Å². The van der Waals surface area contributed by atoms with Gasteiger partial charge in [-0.25, -0.2) is 9.78 Å². The highest BCUT2D eigenvalue weighted by atomic mass is 32.1. The van der Waals surface area contributed by atoms with Crippen LogP contribution in [0.5, 0.6) is 5.75 Å². The molecule has 3 aromatic rings. The lowest BCUT2D eigenvalue weighted by atomic mass is 10.3. The quantitative estimate of drug-likeness (QED) is 0.679. The number of thiophene rings is 1. The Balaban J connectivity index is 1.31. The van der Waals surface area contributed by atoms with Crippen molar-refractivity contribution in [2.24, 2.45) is 0 Å². The number of aromatic nitrogens is 1. The predicted molar refractivity (Wildman–Crippen MR) is 104 cm³/mol. The standard InChI is InChI=1S/C20H21N3O3S/c24-20(25-16-6-2-1-3-7-16)23-10-5-9-22(11-12-23)15-19-21-14-17(26-19)18-8-4-13-27-18/h1-4,6-8,13-14H,5,9-12,15H2. The Morgan fingerprint density at radius 2 is 2.00 bits per heavy atom. The first-order valence-electron chi connectivity index (χ1n) is 9.01. The van der Waals surface area contributed by atoms with Crippen molar-refractivity contribution >= 4 is 17.4 Å². The largest absolute Gasteiger partial charge is 0.438 e. The molecule has 1 amide bonds. The summed E-state index contributed by atoms with van der Waals surface area (Å²) < 4.78 is 11.3. The van der Waals surface area contributed by atoms with Gasteiger partial charge in [0.1, 0.15) is 5.75 Å². The summed E-state index contributed by atoms with van der Waals surface area (Å²) >= 11 is 1.64. The van der Waals surface area contributed by atoms with E-state index in [1.165, 1.54) is 0 Å². The molecule has 0 atom stereocenters. The summed E-state index contributed by atoms with van der Waals surface area (Å²) in [5.41, 5.74) is 0. The molecule has 0 aliphatic carbocycles. The summed E-state index contributed by atoms with van der Waals surface area (Å²) in [6.45, 7) is 3.62. The van der Waals surface area contributed by atoms with Gasteiger partial charge in [0, 0.05) is 26.2 Å². The fourth-order valence-corrected chi connectivity index (χ4v) is 3.74. The smallest absolute Gasteiger partial charge is 0.415 e. The molecule has 27 heavy (non-hydrogen) atoms. The lowest BCUT2D eigenvalue weighted by Crippen LogP contribution is -2.37. The van der Waals surface area contributed by atoms with Crippen LogP contribution in [0, 0.1) is 0 Å². The van der Waals surface area contributed by atoms with Crippen molar-refractivity contribution in [3.05, 3.63) is 59.9 Å². The number of carbonyl (C=O) groups is 1. The van der Waals surface area contributed by atoms with Gasteiger partial charge in [-0.05, 0) is 30.0 Å². The molecule has 3 heterocycles. The van der Waals surface area contributed by atoms with E-state index in [-0.39, 0.29) is 6.09 Å². The van der Waals surface area contributed by atoms with Crippen LogP contribution in [0.15, 0.2) is 58.5 Å². The number of oxazole rings is 1. The molecule has 2 aromatic heterocycles. The second-order valence-corrected chi connectivity index (χ2v) is 7.34. The highest BCUT2D eigenvalue weighted by Gasteiger charge is 2.21. The van der Waals surface area contributed by atoms with Gasteiger partial charge in [0.05, 0.1) is 17.6 Å². The van der Waals surface area contributed by atoms with Crippen LogP contribution in [-0.4, -0.2) is 47.1 Å². The van der Waals surface area contributed by atoms with Crippen molar-refractivity contribution in [3.8, 4) is 16.4 Å². The fourth-order valence-electron chi connectivity index (χ4n) is 3.07. The van der Waals surface area contributed by atoms with E-state index in [9.17, 15) is 4.79 Å². The minimum atomic E-state index is -0.292. The summed E-state index contributed by atoms with van der Waals surface area (Å²) in [6.07, 6.45) is 2.38. The second kappa shape index (κ2) is 8.37. The van der Waals surface area contributed by atoms with Crippen molar-refractivity contribution in [2.75, 3.05) is 26.2 Å². The SMILES string of the molecule is O=C(Oc1ccccc1)N1CCCN(Cc2ncc(-c3cccs3)o2)CC1. The first-order valence-corrected chi connectivity index (χ1v) is 9.88. The van der Waals surface area contributed by atoms with E-state index in [0.29, 0.717) is 31.3 Å². The number of hydrogen-bond acceptors (Lipinski definition) is 6. The van der Waals surface area contributed by atoms with Gasteiger partial charge in [0.2, 0.25) is 5.89 Å². The molecule has 1 fully saturated rings.